The highest BCUT2D eigenvalue weighted by molar-refractivity contribution is 5.92. The fourth-order valence-electron chi connectivity index (χ4n) is 1.89. The molecule has 0 aliphatic rings. The molecule has 0 spiro atoms. The van der Waals surface area contributed by atoms with Gasteiger partial charge in [-0.1, -0.05) is 39.8 Å². The molecule has 4 unspecified atom stereocenters. The summed E-state index contributed by atoms with van der Waals surface area (Å²) in [5.41, 5.74) is 4.80. The number of allylic oxidation sites excluding steroid dienone is 1. The summed E-state index contributed by atoms with van der Waals surface area (Å²) in [5.74, 6) is 1.33. The number of carbonyl (C=O) groups is 1. The molecule has 0 radical (unpaired) electrons. The van der Waals surface area contributed by atoms with Crippen LogP contribution in [0.2, 0.25) is 0 Å². The van der Waals surface area contributed by atoms with Crippen molar-refractivity contribution in [2.75, 3.05) is 20.6 Å². The Morgan fingerprint density at radius 2 is 1.79 bits per heavy atom. The lowest BCUT2D eigenvalue weighted by atomic mass is 10.0. The zero-order valence-electron chi connectivity index (χ0n) is 19.1. The summed E-state index contributed by atoms with van der Waals surface area (Å²) in [6.07, 6.45) is 6.69. The highest BCUT2D eigenvalue weighted by Gasteiger charge is 2.11. The first-order valence-corrected chi connectivity index (χ1v) is 9.99. The standard InChI is InChI=1S/C13H26N2O.C6H12N2O2.C2H6/c1-6-7-8-13(14-4)15(5)10-9-11(2)12(3)16;1-3-5(4(2)9)8-6(7)10;1-2/h7-8,11-12,16H,6,9-10H2,1-5H3;3-5,9H,1H2,2H3,(H3,7,8,10);1-2H3/b8-7-,14-13?;;. The van der Waals surface area contributed by atoms with Crippen LogP contribution in [0.5, 0.6) is 0 Å². The van der Waals surface area contributed by atoms with E-state index < -0.39 is 18.2 Å². The van der Waals surface area contributed by atoms with Gasteiger partial charge >= 0.3 is 6.03 Å². The van der Waals surface area contributed by atoms with Crippen LogP contribution in [-0.4, -0.2) is 65.9 Å². The molecule has 0 bridgehead atoms. The number of amidine groups is 1. The Morgan fingerprint density at radius 3 is 2.07 bits per heavy atom. The van der Waals surface area contributed by atoms with Gasteiger partial charge in [-0.15, -0.1) is 6.58 Å². The summed E-state index contributed by atoms with van der Waals surface area (Å²) in [7, 11) is 3.85. The van der Waals surface area contributed by atoms with E-state index in [1.807, 2.05) is 40.9 Å². The van der Waals surface area contributed by atoms with Gasteiger partial charge in [0, 0.05) is 20.6 Å². The van der Waals surface area contributed by atoms with Gasteiger partial charge in [0.1, 0.15) is 5.84 Å². The van der Waals surface area contributed by atoms with Crippen molar-refractivity contribution < 1.29 is 15.0 Å². The molecule has 0 saturated heterocycles. The second-order valence-electron chi connectivity index (χ2n) is 6.33. The van der Waals surface area contributed by atoms with Crippen LogP contribution < -0.4 is 11.1 Å². The number of nitrogens with zero attached hydrogens (tertiary/aromatic N) is 2. The summed E-state index contributed by atoms with van der Waals surface area (Å²) >= 11 is 0. The third-order valence-corrected chi connectivity index (χ3v) is 3.95. The van der Waals surface area contributed by atoms with Crippen LogP contribution in [0.1, 0.15) is 54.4 Å². The molecule has 4 atom stereocenters. The van der Waals surface area contributed by atoms with Gasteiger partial charge < -0.3 is 26.2 Å². The monoisotopic (exact) mass is 400 g/mol. The van der Waals surface area contributed by atoms with Crippen LogP contribution in [0.15, 0.2) is 29.8 Å². The maximum Gasteiger partial charge on any atom is 0.312 e. The van der Waals surface area contributed by atoms with Crippen molar-refractivity contribution in [1.82, 2.24) is 10.2 Å². The molecule has 7 heteroatoms. The van der Waals surface area contributed by atoms with E-state index in [9.17, 15) is 9.90 Å². The number of primary amides is 1. The number of likely N-dealkylation sites (N-methyl/N-ethyl adjacent to an activating group) is 1. The number of urea groups is 1. The number of hydrogen-bond donors (Lipinski definition) is 4. The fourth-order valence-corrected chi connectivity index (χ4v) is 1.89. The number of aliphatic imine (C=N–C) groups is 1. The predicted octanol–water partition coefficient (Wildman–Crippen LogP) is 2.94. The maximum atomic E-state index is 10.2. The lowest BCUT2D eigenvalue weighted by Gasteiger charge is -2.22. The largest absolute Gasteiger partial charge is 0.393 e. The first kappa shape index (κ1) is 30.9. The van der Waals surface area contributed by atoms with Crippen molar-refractivity contribution in [3.8, 4) is 0 Å². The van der Waals surface area contributed by atoms with Crippen molar-refractivity contribution >= 4 is 11.9 Å². The molecule has 166 valence electrons. The smallest absolute Gasteiger partial charge is 0.312 e. The quantitative estimate of drug-likeness (QED) is 0.271. The number of hydrogen-bond acceptors (Lipinski definition) is 4. The van der Waals surface area contributed by atoms with Crippen molar-refractivity contribution in [2.45, 2.75) is 72.6 Å². The number of amides is 2. The molecule has 2 amide bonds. The third-order valence-electron chi connectivity index (χ3n) is 3.95. The topological polar surface area (TPSA) is 111 Å². The van der Waals surface area contributed by atoms with Gasteiger partial charge in [-0.25, -0.2) is 4.79 Å². The van der Waals surface area contributed by atoms with E-state index in [2.05, 4.69) is 41.7 Å². The Labute approximate surface area is 172 Å². The normalized spacial score (nSPS) is 15.1. The van der Waals surface area contributed by atoms with E-state index in [4.69, 9.17) is 10.8 Å². The molecule has 0 aromatic heterocycles. The second-order valence-corrected chi connectivity index (χ2v) is 6.33. The van der Waals surface area contributed by atoms with Crippen molar-refractivity contribution in [2.24, 2.45) is 16.6 Å². The maximum absolute atomic E-state index is 10.2. The molecule has 0 aromatic carbocycles. The molecule has 0 saturated carbocycles. The van der Waals surface area contributed by atoms with Gasteiger partial charge in [0.15, 0.2) is 0 Å². The van der Waals surface area contributed by atoms with Gasteiger partial charge in [0.2, 0.25) is 0 Å². The molecule has 0 aliphatic heterocycles. The molecule has 0 aliphatic carbocycles. The minimum atomic E-state index is -0.662. The van der Waals surface area contributed by atoms with Crippen LogP contribution in [0.4, 0.5) is 4.79 Å². The molecule has 0 heterocycles. The highest BCUT2D eigenvalue weighted by atomic mass is 16.3. The minimum Gasteiger partial charge on any atom is -0.393 e. The summed E-state index contributed by atoms with van der Waals surface area (Å²) in [4.78, 5) is 16.6. The summed E-state index contributed by atoms with van der Waals surface area (Å²) in [5, 5.41) is 20.6. The molecule has 0 fully saturated rings. The van der Waals surface area contributed by atoms with Crippen LogP contribution in [0, 0.1) is 5.92 Å². The van der Waals surface area contributed by atoms with Crippen molar-refractivity contribution in [3.05, 3.63) is 24.8 Å². The highest BCUT2D eigenvalue weighted by Crippen LogP contribution is 2.08. The van der Waals surface area contributed by atoms with Gasteiger partial charge in [0.05, 0.1) is 18.2 Å². The van der Waals surface area contributed by atoms with Gasteiger partial charge in [-0.05, 0) is 38.7 Å². The number of carbonyl (C=O) groups excluding carboxylic acids is 1. The second kappa shape index (κ2) is 19.9. The molecular weight excluding hydrogens is 356 g/mol. The average Bonchev–Trinajstić information content (AvgIpc) is 2.66. The number of nitrogens with two attached hydrogens (primary N) is 1. The van der Waals surface area contributed by atoms with Crippen LogP contribution in [-0.2, 0) is 0 Å². The zero-order valence-corrected chi connectivity index (χ0v) is 19.1. The van der Waals surface area contributed by atoms with E-state index >= 15 is 0 Å². The Balaban J connectivity index is -0.000000447. The molecule has 5 N–H and O–H groups in total. The van der Waals surface area contributed by atoms with Crippen molar-refractivity contribution in [3.63, 3.8) is 0 Å². The number of aliphatic hydroxyl groups excluding tert-OH is 2. The Hall–Kier alpha value is -1.86. The number of aliphatic hydroxyl groups is 2. The lowest BCUT2D eigenvalue weighted by molar-refractivity contribution is 0.127. The predicted molar refractivity (Wildman–Crippen MR) is 121 cm³/mol. The number of nitrogens with one attached hydrogen (secondary N) is 1. The van der Waals surface area contributed by atoms with E-state index in [1.54, 1.807) is 6.92 Å². The SMILES string of the molecule is C=CC(NC(N)=O)C(C)O.CC.CC/C=C\C(=NC)N(C)CCC(C)C(C)O. The Kier molecular flexibility index (Phi) is 21.9. The zero-order chi connectivity index (χ0) is 22.7. The van der Waals surface area contributed by atoms with E-state index in [0.717, 1.165) is 25.2 Å². The Bertz CT molecular complexity index is 449. The van der Waals surface area contributed by atoms with E-state index in [0.29, 0.717) is 5.92 Å². The first-order valence-electron chi connectivity index (χ1n) is 9.99. The van der Waals surface area contributed by atoms with Gasteiger partial charge in [-0.3, -0.25) is 4.99 Å². The van der Waals surface area contributed by atoms with Crippen LogP contribution >= 0.6 is 0 Å². The molecule has 7 nitrogen and oxygen atoms in total. The minimum absolute atomic E-state index is 0.235. The summed E-state index contributed by atoms with van der Waals surface area (Å²) in [6, 6.07) is -1.12. The Morgan fingerprint density at radius 1 is 1.25 bits per heavy atom. The van der Waals surface area contributed by atoms with E-state index in [-0.39, 0.29) is 6.10 Å². The van der Waals surface area contributed by atoms with Gasteiger partial charge in [0.25, 0.3) is 0 Å². The lowest BCUT2D eigenvalue weighted by Crippen LogP contribution is -2.43. The van der Waals surface area contributed by atoms with E-state index in [1.165, 1.54) is 6.08 Å². The van der Waals surface area contributed by atoms with Gasteiger partial charge in [-0.2, -0.15) is 0 Å². The third kappa shape index (κ3) is 17.5. The fraction of sp³-hybridized carbons (Fsp3) is 0.714. The summed E-state index contributed by atoms with van der Waals surface area (Å²) < 4.78 is 0. The molecule has 0 rings (SSSR count). The first-order chi connectivity index (χ1) is 13.1. The molecular formula is C21H44N4O3. The van der Waals surface area contributed by atoms with Crippen LogP contribution in [0.25, 0.3) is 0 Å². The number of rotatable bonds is 9. The van der Waals surface area contributed by atoms with Crippen LogP contribution in [0.3, 0.4) is 0 Å². The average molecular weight is 401 g/mol. The molecule has 28 heavy (non-hydrogen) atoms. The van der Waals surface area contributed by atoms with Crippen molar-refractivity contribution in [1.29, 1.82) is 0 Å². The summed E-state index contributed by atoms with van der Waals surface area (Å²) in [6.45, 7) is 15.9. The molecule has 0 aromatic rings.